The van der Waals surface area contributed by atoms with Gasteiger partial charge < -0.3 is 10.1 Å². The van der Waals surface area contributed by atoms with Crippen molar-refractivity contribution in [3.8, 4) is 5.75 Å². The molecule has 0 aliphatic heterocycles. The first-order valence-corrected chi connectivity index (χ1v) is 8.48. The lowest BCUT2D eigenvalue weighted by molar-refractivity contribution is 0.309. The molecule has 0 atom stereocenters. The Hall–Kier alpha value is -2.40. The summed E-state index contributed by atoms with van der Waals surface area (Å²) in [5.74, 6) is 0.880. The topological polar surface area (TPSA) is 45.6 Å². The van der Waals surface area contributed by atoms with Gasteiger partial charge in [0.1, 0.15) is 5.75 Å². The molecule has 0 aliphatic rings. The first-order chi connectivity index (χ1) is 11.7. The molecule has 0 saturated heterocycles. The van der Waals surface area contributed by atoms with Gasteiger partial charge in [-0.2, -0.15) is 5.10 Å². The number of benzene rings is 2. The van der Waals surface area contributed by atoms with Crippen molar-refractivity contribution in [2.24, 2.45) is 5.10 Å². The molecule has 0 heterocycles. The molecule has 2 aromatic rings. The molecule has 2 N–H and O–H groups in total. The average molecular weight is 341 g/mol. The van der Waals surface area contributed by atoms with Crippen LogP contribution >= 0.6 is 12.2 Å². The number of ether oxygens (including phenoxy) is 1. The van der Waals surface area contributed by atoms with E-state index in [1.54, 1.807) is 6.21 Å². The fraction of sp³-hybridized carbons (Fsp3) is 0.263. The normalized spacial score (nSPS) is 10.6. The third kappa shape index (κ3) is 6.38. The van der Waals surface area contributed by atoms with Crippen molar-refractivity contribution < 1.29 is 4.74 Å². The molecule has 2 aromatic carbocycles. The third-order valence-electron chi connectivity index (χ3n) is 3.34. The van der Waals surface area contributed by atoms with E-state index in [0.29, 0.717) is 5.11 Å². The van der Waals surface area contributed by atoms with Gasteiger partial charge >= 0.3 is 0 Å². The summed E-state index contributed by atoms with van der Waals surface area (Å²) < 4.78 is 5.63. The fourth-order valence-electron chi connectivity index (χ4n) is 1.95. The summed E-state index contributed by atoms with van der Waals surface area (Å²) in [5.41, 5.74) is 5.92. The van der Waals surface area contributed by atoms with E-state index in [-0.39, 0.29) is 0 Å². The number of unbranched alkanes of at least 4 members (excludes halogenated alkanes) is 1. The predicted octanol–water partition coefficient (Wildman–Crippen LogP) is 4.49. The van der Waals surface area contributed by atoms with E-state index in [0.717, 1.165) is 36.4 Å². The van der Waals surface area contributed by atoms with E-state index in [1.807, 2.05) is 55.5 Å². The molecule has 24 heavy (non-hydrogen) atoms. The lowest BCUT2D eigenvalue weighted by atomic mass is 10.2. The van der Waals surface area contributed by atoms with E-state index in [9.17, 15) is 0 Å². The second-order valence-electron chi connectivity index (χ2n) is 5.46. The van der Waals surface area contributed by atoms with Crippen LogP contribution in [0, 0.1) is 6.92 Å². The van der Waals surface area contributed by atoms with Crippen molar-refractivity contribution in [2.75, 3.05) is 11.9 Å². The maximum absolute atomic E-state index is 5.63. The number of hydrogen-bond acceptors (Lipinski definition) is 3. The highest BCUT2D eigenvalue weighted by atomic mass is 32.1. The summed E-state index contributed by atoms with van der Waals surface area (Å²) in [6.45, 7) is 4.95. The zero-order valence-corrected chi connectivity index (χ0v) is 14.9. The van der Waals surface area contributed by atoms with Crippen molar-refractivity contribution in [3.05, 3.63) is 59.7 Å². The van der Waals surface area contributed by atoms with Crippen LogP contribution in [0.3, 0.4) is 0 Å². The van der Waals surface area contributed by atoms with E-state index < -0.39 is 0 Å². The minimum absolute atomic E-state index is 0.453. The second-order valence-corrected chi connectivity index (χ2v) is 5.87. The van der Waals surface area contributed by atoms with E-state index >= 15 is 0 Å². The summed E-state index contributed by atoms with van der Waals surface area (Å²) >= 11 is 5.21. The SMILES string of the molecule is CCCCOc1ccc(/C=N\NC(=S)Nc2ccc(C)cc2)cc1. The molecule has 126 valence electrons. The first-order valence-electron chi connectivity index (χ1n) is 8.07. The van der Waals surface area contributed by atoms with Crippen molar-refractivity contribution in [1.82, 2.24) is 5.43 Å². The Kier molecular flexibility index (Phi) is 7.23. The van der Waals surface area contributed by atoms with Crippen LogP contribution in [-0.2, 0) is 0 Å². The summed E-state index contributed by atoms with van der Waals surface area (Å²) in [6, 6.07) is 15.8. The van der Waals surface area contributed by atoms with Crippen LogP contribution in [0.2, 0.25) is 0 Å². The Balaban J connectivity index is 1.78. The minimum Gasteiger partial charge on any atom is -0.494 e. The molecule has 0 amide bonds. The van der Waals surface area contributed by atoms with E-state index in [4.69, 9.17) is 17.0 Å². The number of rotatable bonds is 7. The van der Waals surface area contributed by atoms with Crippen molar-refractivity contribution >= 4 is 29.2 Å². The van der Waals surface area contributed by atoms with Gasteiger partial charge in [0.25, 0.3) is 0 Å². The first kappa shape index (κ1) is 17.9. The number of hydrazone groups is 1. The highest BCUT2D eigenvalue weighted by Crippen LogP contribution is 2.11. The van der Waals surface area contributed by atoms with Crippen LogP contribution in [0.1, 0.15) is 30.9 Å². The van der Waals surface area contributed by atoms with Crippen LogP contribution in [-0.4, -0.2) is 17.9 Å². The van der Waals surface area contributed by atoms with Gasteiger partial charge in [0.15, 0.2) is 5.11 Å². The highest BCUT2D eigenvalue weighted by molar-refractivity contribution is 7.80. The quantitative estimate of drug-likeness (QED) is 0.337. The number of anilines is 1. The second kappa shape index (κ2) is 9.67. The predicted molar refractivity (Wildman–Crippen MR) is 105 cm³/mol. The highest BCUT2D eigenvalue weighted by Gasteiger charge is 1.96. The molecule has 0 fully saturated rings. The number of aryl methyl sites for hydroxylation is 1. The molecule has 4 nitrogen and oxygen atoms in total. The van der Waals surface area contributed by atoms with Crippen molar-refractivity contribution in [1.29, 1.82) is 0 Å². The van der Waals surface area contributed by atoms with Gasteiger partial charge in [-0.15, -0.1) is 0 Å². The molecule has 5 heteroatoms. The standard InChI is InChI=1S/C19H23N3OS/c1-3-4-13-23-18-11-7-16(8-12-18)14-20-22-19(24)21-17-9-5-15(2)6-10-17/h5-12,14H,3-4,13H2,1-2H3,(H2,21,22,24)/b20-14-. The van der Waals surface area contributed by atoms with Crippen LogP contribution in [0.25, 0.3) is 0 Å². The number of thiocarbonyl (C=S) groups is 1. The Morgan fingerprint density at radius 3 is 2.50 bits per heavy atom. The molecule has 0 bridgehead atoms. The molecule has 0 aliphatic carbocycles. The van der Waals surface area contributed by atoms with Crippen LogP contribution in [0.15, 0.2) is 53.6 Å². The molecule has 0 saturated carbocycles. The summed E-state index contributed by atoms with van der Waals surface area (Å²) in [7, 11) is 0. The minimum atomic E-state index is 0.453. The van der Waals surface area contributed by atoms with Crippen molar-refractivity contribution in [3.63, 3.8) is 0 Å². The zero-order chi connectivity index (χ0) is 17.2. The van der Waals surface area contributed by atoms with E-state index in [2.05, 4.69) is 22.8 Å². The maximum Gasteiger partial charge on any atom is 0.191 e. The monoisotopic (exact) mass is 341 g/mol. The van der Waals surface area contributed by atoms with Gasteiger partial charge in [0, 0.05) is 5.69 Å². The Morgan fingerprint density at radius 2 is 1.83 bits per heavy atom. The summed E-state index contributed by atoms with van der Waals surface area (Å²) in [5, 5.41) is 7.67. The lowest BCUT2D eigenvalue weighted by Crippen LogP contribution is -2.23. The van der Waals surface area contributed by atoms with Crippen molar-refractivity contribution in [2.45, 2.75) is 26.7 Å². The molecule has 0 radical (unpaired) electrons. The van der Waals surface area contributed by atoms with Crippen LogP contribution in [0.5, 0.6) is 5.75 Å². The Labute approximate surface area is 148 Å². The van der Waals surface area contributed by atoms with Gasteiger partial charge in [-0.3, -0.25) is 5.43 Å². The van der Waals surface area contributed by atoms with E-state index in [1.165, 1.54) is 5.56 Å². The molecule has 0 aromatic heterocycles. The van der Waals surface area contributed by atoms with Gasteiger partial charge in [-0.25, -0.2) is 0 Å². The maximum atomic E-state index is 5.63. The Morgan fingerprint density at radius 1 is 1.12 bits per heavy atom. The Bertz CT molecular complexity index is 666. The largest absolute Gasteiger partial charge is 0.494 e. The summed E-state index contributed by atoms with van der Waals surface area (Å²) in [4.78, 5) is 0. The number of hydrogen-bond donors (Lipinski definition) is 2. The average Bonchev–Trinajstić information content (AvgIpc) is 2.59. The summed E-state index contributed by atoms with van der Waals surface area (Å²) in [6.07, 6.45) is 3.92. The van der Waals surface area contributed by atoms with Crippen LogP contribution in [0.4, 0.5) is 5.69 Å². The molecular weight excluding hydrogens is 318 g/mol. The molecule has 0 unspecified atom stereocenters. The number of nitrogens with one attached hydrogen (secondary N) is 2. The smallest absolute Gasteiger partial charge is 0.191 e. The fourth-order valence-corrected chi connectivity index (χ4v) is 2.12. The molecule has 2 rings (SSSR count). The number of nitrogens with zero attached hydrogens (tertiary/aromatic N) is 1. The van der Waals surface area contributed by atoms with Gasteiger partial charge in [0.05, 0.1) is 12.8 Å². The molecule has 0 spiro atoms. The molecular formula is C19H23N3OS. The van der Waals surface area contributed by atoms with Gasteiger partial charge in [0.2, 0.25) is 0 Å². The van der Waals surface area contributed by atoms with Gasteiger partial charge in [-0.05, 0) is 67.5 Å². The zero-order valence-electron chi connectivity index (χ0n) is 14.1. The lowest BCUT2D eigenvalue weighted by Gasteiger charge is -2.07. The van der Waals surface area contributed by atoms with Gasteiger partial charge in [-0.1, -0.05) is 31.0 Å². The third-order valence-corrected chi connectivity index (χ3v) is 3.53. The van der Waals surface area contributed by atoms with Crippen LogP contribution < -0.4 is 15.5 Å².